The molecule has 0 aliphatic carbocycles. The summed E-state index contributed by atoms with van der Waals surface area (Å²) in [5.74, 6) is 0.429. The normalized spacial score (nSPS) is 12.4. The standard InChI is InChI=1S/C16H17FOS/c1-11-5-3-6-13(9-11)10-19-16-14(12(2)18)7-4-8-15(16)17/h3-9,12,18H,10H2,1-2H3/t12-/m0/s1. The van der Waals surface area contributed by atoms with Crippen molar-refractivity contribution in [1.82, 2.24) is 0 Å². The summed E-state index contributed by atoms with van der Waals surface area (Å²) in [5, 5.41) is 9.69. The van der Waals surface area contributed by atoms with Crippen LogP contribution in [0.3, 0.4) is 0 Å². The number of hydrogen-bond acceptors (Lipinski definition) is 2. The average molecular weight is 276 g/mol. The Hall–Kier alpha value is -1.32. The molecule has 2 rings (SSSR count). The lowest BCUT2D eigenvalue weighted by molar-refractivity contribution is 0.195. The molecule has 100 valence electrons. The number of aryl methyl sites for hydroxylation is 1. The largest absolute Gasteiger partial charge is 0.389 e. The first-order chi connectivity index (χ1) is 9.08. The van der Waals surface area contributed by atoms with E-state index in [1.165, 1.54) is 23.4 Å². The molecule has 0 radical (unpaired) electrons. The number of halogens is 1. The number of aliphatic hydroxyl groups excluding tert-OH is 1. The molecule has 0 unspecified atom stereocenters. The molecular weight excluding hydrogens is 259 g/mol. The molecule has 1 nitrogen and oxygen atoms in total. The van der Waals surface area contributed by atoms with Gasteiger partial charge in [0.25, 0.3) is 0 Å². The summed E-state index contributed by atoms with van der Waals surface area (Å²) in [6.45, 7) is 3.70. The Labute approximate surface area is 117 Å². The number of thioether (sulfide) groups is 1. The van der Waals surface area contributed by atoms with E-state index in [1.807, 2.05) is 25.1 Å². The average Bonchev–Trinajstić information content (AvgIpc) is 2.37. The first-order valence-electron chi connectivity index (χ1n) is 6.22. The van der Waals surface area contributed by atoms with E-state index in [-0.39, 0.29) is 5.82 Å². The fraction of sp³-hybridized carbons (Fsp3) is 0.250. The lowest BCUT2D eigenvalue weighted by atomic mass is 10.1. The Bertz CT molecular complexity index is 566. The van der Waals surface area contributed by atoms with Gasteiger partial charge in [0.2, 0.25) is 0 Å². The molecule has 3 heteroatoms. The summed E-state index contributed by atoms with van der Waals surface area (Å²) >= 11 is 1.43. The molecule has 1 atom stereocenters. The molecule has 19 heavy (non-hydrogen) atoms. The van der Waals surface area contributed by atoms with E-state index in [0.717, 1.165) is 5.56 Å². The fourth-order valence-corrected chi connectivity index (χ4v) is 3.07. The molecule has 0 saturated carbocycles. The van der Waals surface area contributed by atoms with Crippen molar-refractivity contribution in [1.29, 1.82) is 0 Å². The molecular formula is C16H17FOS. The summed E-state index contributed by atoms with van der Waals surface area (Å²) in [5.41, 5.74) is 3.00. The third-order valence-electron chi connectivity index (χ3n) is 2.91. The van der Waals surface area contributed by atoms with Crippen LogP contribution in [-0.4, -0.2) is 5.11 Å². The molecule has 0 fully saturated rings. The number of hydrogen-bond donors (Lipinski definition) is 1. The van der Waals surface area contributed by atoms with Crippen LogP contribution < -0.4 is 0 Å². The van der Waals surface area contributed by atoms with E-state index in [4.69, 9.17) is 0 Å². The van der Waals surface area contributed by atoms with Gasteiger partial charge in [-0.15, -0.1) is 11.8 Å². The van der Waals surface area contributed by atoms with Crippen LogP contribution >= 0.6 is 11.8 Å². The van der Waals surface area contributed by atoms with Crippen LogP contribution in [0.4, 0.5) is 4.39 Å². The van der Waals surface area contributed by atoms with Crippen molar-refractivity contribution in [2.24, 2.45) is 0 Å². The van der Waals surface area contributed by atoms with Gasteiger partial charge in [-0.05, 0) is 31.0 Å². The first kappa shape index (κ1) is 14.1. The molecule has 0 amide bonds. The summed E-state index contributed by atoms with van der Waals surface area (Å²) < 4.78 is 13.9. The maximum absolute atomic E-state index is 13.9. The second kappa shape index (κ2) is 6.22. The molecule has 2 aromatic rings. The Kier molecular flexibility index (Phi) is 4.61. The second-order valence-corrected chi connectivity index (χ2v) is 5.60. The minimum absolute atomic E-state index is 0.268. The highest BCUT2D eigenvalue weighted by atomic mass is 32.2. The summed E-state index contributed by atoms with van der Waals surface area (Å²) in [4.78, 5) is 0.541. The van der Waals surface area contributed by atoms with E-state index >= 15 is 0 Å². The van der Waals surface area contributed by atoms with Crippen molar-refractivity contribution in [3.63, 3.8) is 0 Å². The quantitative estimate of drug-likeness (QED) is 0.831. The van der Waals surface area contributed by atoms with Crippen LogP contribution in [0.1, 0.15) is 29.7 Å². The molecule has 0 bridgehead atoms. The van der Waals surface area contributed by atoms with Crippen LogP contribution in [0, 0.1) is 12.7 Å². The molecule has 0 aliphatic heterocycles. The summed E-state index contributed by atoms with van der Waals surface area (Å²) in [7, 11) is 0. The van der Waals surface area contributed by atoms with E-state index in [9.17, 15) is 9.50 Å². The maximum atomic E-state index is 13.9. The fourth-order valence-electron chi connectivity index (χ4n) is 1.96. The highest BCUT2D eigenvalue weighted by molar-refractivity contribution is 7.98. The zero-order chi connectivity index (χ0) is 13.8. The van der Waals surface area contributed by atoms with Crippen LogP contribution in [0.2, 0.25) is 0 Å². The Balaban J connectivity index is 2.19. The van der Waals surface area contributed by atoms with Crippen LogP contribution in [0.25, 0.3) is 0 Å². The molecule has 2 aromatic carbocycles. The Morgan fingerprint density at radius 2 is 1.95 bits per heavy atom. The van der Waals surface area contributed by atoms with Gasteiger partial charge in [0.15, 0.2) is 0 Å². The molecule has 0 aliphatic rings. The predicted octanol–water partition coefficient (Wildman–Crippen LogP) is 4.48. The molecule has 0 spiro atoms. The van der Waals surface area contributed by atoms with Gasteiger partial charge in [-0.2, -0.15) is 0 Å². The third kappa shape index (κ3) is 3.58. The van der Waals surface area contributed by atoms with Crippen molar-refractivity contribution in [2.45, 2.75) is 30.6 Å². The van der Waals surface area contributed by atoms with Crippen molar-refractivity contribution < 1.29 is 9.50 Å². The highest BCUT2D eigenvalue weighted by Crippen LogP contribution is 2.32. The zero-order valence-electron chi connectivity index (χ0n) is 11.1. The van der Waals surface area contributed by atoms with Gasteiger partial charge < -0.3 is 5.11 Å². The minimum atomic E-state index is -0.657. The van der Waals surface area contributed by atoms with E-state index in [2.05, 4.69) is 6.07 Å². The first-order valence-corrected chi connectivity index (χ1v) is 7.21. The molecule has 0 heterocycles. The number of rotatable bonds is 4. The Morgan fingerprint density at radius 3 is 2.63 bits per heavy atom. The predicted molar refractivity (Wildman–Crippen MR) is 77.8 cm³/mol. The van der Waals surface area contributed by atoms with Gasteiger partial charge in [-0.3, -0.25) is 0 Å². The summed E-state index contributed by atoms with van der Waals surface area (Å²) in [6, 6.07) is 13.0. The monoisotopic (exact) mass is 276 g/mol. The van der Waals surface area contributed by atoms with Crippen LogP contribution in [0.5, 0.6) is 0 Å². The van der Waals surface area contributed by atoms with E-state index in [1.54, 1.807) is 19.1 Å². The van der Waals surface area contributed by atoms with Gasteiger partial charge in [-0.1, -0.05) is 42.0 Å². The highest BCUT2D eigenvalue weighted by Gasteiger charge is 2.12. The van der Waals surface area contributed by atoms with Gasteiger partial charge in [0, 0.05) is 10.6 Å². The van der Waals surface area contributed by atoms with Gasteiger partial charge in [0.1, 0.15) is 5.82 Å². The maximum Gasteiger partial charge on any atom is 0.137 e. The van der Waals surface area contributed by atoms with Gasteiger partial charge in [0.05, 0.1) is 6.10 Å². The lowest BCUT2D eigenvalue weighted by Crippen LogP contribution is -1.97. The Morgan fingerprint density at radius 1 is 1.21 bits per heavy atom. The second-order valence-electron chi connectivity index (χ2n) is 4.61. The zero-order valence-corrected chi connectivity index (χ0v) is 11.9. The van der Waals surface area contributed by atoms with E-state index in [0.29, 0.717) is 16.2 Å². The topological polar surface area (TPSA) is 20.2 Å². The number of aliphatic hydroxyl groups is 1. The van der Waals surface area contributed by atoms with Crippen molar-refractivity contribution >= 4 is 11.8 Å². The van der Waals surface area contributed by atoms with Crippen LogP contribution in [0.15, 0.2) is 47.4 Å². The van der Waals surface area contributed by atoms with Crippen LogP contribution in [-0.2, 0) is 5.75 Å². The minimum Gasteiger partial charge on any atom is -0.389 e. The van der Waals surface area contributed by atoms with Gasteiger partial charge in [-0.25, -0.2) is 4.39 Å². The molecule has 0 aromatic heterocycles. The van der Waals surface area contributed by atoms with E-state index < -0.39 is 6.10 Å². The lowest BCUT2D eigenvalue weighted by Gasteiger charge is -2.12. The van der Waals surface area contributed by atoms with Crippen molar-refractivity contribution in [2.75, 3.05) is 0 Å². The van der Waals surface area contributed by atoms with Crippen molar-refractivity contribution in [3.8, 4) is 0 Å². The number of benzene rings is 2. The third-order valence-corrected chi connectivity index (χ3v) is 4.11. The smallest absolute Gasteiger partial charge is 0.137 e. The SMILES string of the molecule is Cc1cccc(CSc2c(F)cccc2[C@H](C)O)c1. The molecule has 1 N–H and O–H groups in total. The summed E-state index contributed by atoms with van der Waals surface area (Å²) in [6.07, 6.45) is -0.657. The van der Waals surface area contributed by atoms with Crippen molar-refractivity contribution in [3.05, 3.63) is 65.0 Å². The molecule has 0 saturated heterocycles. The van der Waals surface area contributed by atoms with Gasteiger partial charge >= 0.3 is 0 Å².